The molecule has 1 rings (SSSR count). The van der Waals surface area contributed by atoms with Crippen LogP contribution in [0.4, 0.5) is 0 Å². The molecule has 0 unspecified atom stereocenters. The van der Waals surface area contributed by atoms with Crippen LogP contribution in [0.1, 0.15) is 56.5 Å². The van der Waals surface area contributed by atoms with Gasteiger partial charge in [0.15, 0.2) is 0 Å². The highest BCUT2D eigenvalue weighted by Gasteiger charge is 2.08. The first kappa shape index (κ1) is 15.2. The summed E-state index contributed by atoms with van der Waals surface area (Å²) in [6.07, 6.45) is 6.40. The van der Waals surface area contributed by atoms with Crippen molar-refractivity contribution in [3.63, 3.8) is 0 Å². The molecule has 0 aromatic carbocycles. The zero-order chi connectivity index (χ0) is 13.4. The summed E-state index contributed by atoms with van der Waals surface area (Å²) in [6.45, 7) is 11.9. The highest BCUT2D eigenvalue weighted by atomic mass is 15.3. The van der Waals surface area contributed by atoms with Gasteiger partial charge in [-0.15, -0.1) is 0 Å². The lowest BCUT2D eigenvalue weighted by molar-refractivity contribution is 0.526. The number of hydrogen-bond donors (Lipinski definition) is 1. The van der Waals surface area contributed by atoms with Gasteiger partial charge in [-0.2, -0.15) is 5.10 Å². The van der Waals surface area contributed by atoms with Crippen LogP contribution in [0.5, 0.6) is 0 Å². The van der Waals surface area contributed by atoms with Crippen LogP contribution in [0.25, 0.3) is 0 Å². The van der Waals surface area contributed by atoms with Gasteiger partial charge in [-0.1, -0.05) is 33.1 Å². The lowest BCUT2D eigenvalue weighted by Gasteiger charge is -2.07. The fourth-order valence-electron chi connectivity index (χ4n) is 2.45. The number of rotatable bonds is 9. The Hall–Kier alpha value is -0.830. The van der Waals surface area contributed by atoms with E-state index in [0.29, 0.717) is 0 Å². The van der Waals surface area contributed by atoms with Crippen LogP contribution in [0.2, 0.25) is 0 Å². The van der Waals surface area contributed by atoms with Crippen molar-refractivity contribution in [3.8, 4) is 0 Å². The molecule has 0 saturated carbocycles. The summed E-state index contributed by atoms with van der Waals surface area (Å²) >= 11 is 0. The van der Waals surface area contributed by atoms with Crippen LogP contribution in [-0.2, 0) is 13.0 Å². The third kappa shape index (κ3) is 4.45. The molecule has 0 aliphatic rings. The quantitative estimate of drug-likeness (QED) is 0.683. The Morgan fingerprint density at radius 2 is 1.83 bits per heavy atom. The van der Waals surface area contributed by atoms with E-state index in [2.05, 4.69) is 42.8 Å². The lowest BCUT2D eigenvalue weighted by atomic mass is 10.1. The maximum Gasteiger partial charge on any atom is 0.0628 e. The van der Waals surface area contributed by atoms with Gasteiger partial charge < -0.3 is 5.32 Å². The van der Waals surface area contributed by atoms with Crippen molar-refractivity contribution in [2.45, 2.75) is 66.3 Å². The molecule has 3 heteroatoms. The average Bonchev–Trinajstić information content (AvgIpc) is 2.63. The van der Waals surface area contributed by atoms with E-state index >= 15 is 0 Å². The summed E-state index contributed by atoms with van der Waals surface area (Å²) in [5, 5.41) is 8.11. The molecule has 0 amide bonds. The maximum absolute atomic E-state index is 4.60. The van der Waals surface area contributed by atoms with E-state index in [1.54, 1.807) is 0 Å². The van der Waals surface area contributed by atoms with E-state index in [1.807, 2.05) is 0 Å². The minimum atomic E-state index is 0.987. The van der Waals surface area contributed by atoms with Crippen molar-refractivity contribution >= 4 is 0 Å². The van der Waals surface area contributed by atoms with E-state index in [1.165, 1.54) is 42.6 Å². The Balaban J connectivity index is 2.23. The molecule has 1 N–H and O–H groups in total. The first-order valence-electron chi connectivity index (χ1n) is 7.44. The zero-order valence-electron chi connectivity index (χ0n) is 12.6. The second-order valence-electron chi connectivity index (χ2n) is 5.04. The number of unbranched alkanes of at least 4 members (excludes halogenated alkanes) is 3. The third-order valence-electron chi connectivity index (χ3n) is 3.59. The number of aryl methyl sites for hydroxylation is 1. The van der Waals surface area contributed by atoms with E-state index in [9.17, 15) is 0 Å². The second kappa shape index (κ2) is 8.30. The van der Waals surface area contributed by atoms with E-state index in [4.69, 9.17) is 0 Å². The highest BCUT2D eigenvalue weighted by molar-refractivity contribution is 5.24. The predicted octanol–water partition coefficient (Wildman–Crippen LogP) is 3.23. The molecule has 0 spiro atoms. The number of nitrogens with zero attached hydrogens (tertiary/aromatic N) is 2. The van der Waals surface area contributed by atoms with Gasteiger partial charge in [0.25, 0.3) is 0 Å². The summed E-state index contributed by atoms with van der Waals surface area (Å²) in [5.41, 5.74) is 3.94. The van der Waals surface area contributed by atoms with Crippen LogP contribution in [0, 0.1) is 13.8 Å². The molecule has 0 fully saturated rings. The summed E-state index contributed by atoms with van der Waals surface area (Å²) in [6, 6.07) is 0. The topological polar surface area (TPSA) is 29.9 Å². The van der Waals surface area contributed by atoms with E-state index in [-0.39, 0.29) is 0 Å². The van der Waals surface area contributed by atoms with Crippen molar-refractivity contribution in [1.29, 1.82) is 0 Å². The van der Waals surface area contributed by atoms with E-state index < -0.39 is 0 Å². The molecule has 18 heavy (non-hydrogen) atoms. The smallest absolute Gasteiger partial charge is 0.0628 e. The van der Waals surface area contributed by atoms with E-state index in [0.717, 1.165) is 26.1 Å². The third-order valence-corrected chi connectivity index (χ3v) is 3.59. The van der Waals surface area contributed by atoms with Gasteiger partial charge in [0.05, 0.1) is 12.2 Å². The molecule has 3 nitrogen and oxygen atoms in total. The average molecular weight is 251 g/mol. The summed E-state index contributed by atoms with van der Waals surface area (Å²) in [7, 11) is 0. The van der Waals surface area contributed by atoms with Crippen molar-refractivity contribution in [2.75, 3.05) is 13.1 Å². The Labute approximate surface area is 112 Å². The molecule has 0 aliphatic heterocycles. The largest absolute Gasteiger partial charge is 0.315 e. The standard InChI is InChI=1S/C15H29N3/c1-5-7-8-9-10-16-11-12-18-14(4)15(6-2)13(3)17-18/h16H,5-12H2,1-4H3. The van der Waals surface area contributed by atoms with Crippen molar-refractivity contribution in [2.24, 2.45) is 0 Å². The fourth-order valence-corrected chi connectivity index (χ4v) is 2.45. The van der Waals surface area contributed by atoms with Gasteiger partial charge in [-0.25, -0.2) is 0 Å². The van der Waals surface area contributed by atoms with Crippen molar-refractivity contribution in [1.82, 2.24) is 15.1 Å². The van der Waals surface area contributed by atoms with Gasteiger partial charge in [0.2, 0.25) is 0 Å². The number of nitrogens with one attached hydrogen (secondary N) is 1. The molecule has 104 valence electrons. The summed E-state index contributed by atoms with van der Waals surface area (Å²) in [4.78, 5) is 0. The Kier molecular flexibility index (Phi) is 7.02. The van der Waals surface area contributed by atoms with Gasteiger partial charge >= 0.3 is 0 Å². The van der Waals surface area contributed by atoms with Crippen LogP contribution in [0.3, 0.4) is 0 Å². The van der Waals surface area contributed by atoms with Crippen LogP contribution in [0.15, 0.2) is 0 Å². The van der Waals surface area contributed by atoms with Crippen LogP contribution in [-0.4, -0.2) is 22.9 Å². The molecule has 0 saturated heterocycles. The molecule has 1 aromatic rings. The van der Waals surface area contributed by atoms with Gasteiger partial charge in [0, 0.05) is 12.2 Å². The molecule has 0 aliphatic carbocycles. The first-order chi connectivity index (χ1) is 8.70. The molecule has 0 bridgehead atoms. The molecule has 1 heterocycles. The second-order valence-corrected chi connectivity index (χ2v) is 5.04. The first-order valence-corrected chi connectivity index (χ1v) is 7.44. The molecule has 0 radical (unpaired) electrons. The molecular weight excluding hydrogens is 222 g/mol. The predicted molar refractivity (Wildman–Crippen MR) is 78.1 cm³/mol. The van der Waals surface area contributed by atoms with Crippen molar-refractivity contribution < 1.29 is 0 Å². The van der Waals surface area contributed by atoms with Crippen molar-refractivity contribution in [3.05, 3.63) is 17.0 Å². The summed E-state index contributed by atoms with van der Waals surface area (Å²) in [5.74, 6) is 0. The SMILES string of the molecule is CCCCCCNCCn1nc(C)c(CC)c1C. The van der Waals surface area contributed by atoms with Crippen LogP contribution < -0.4 is 5.32 Å². The van der Waals surface area contributed by atoms with Gasteiger partial charge in [0.1, 0.15) is 0 Å². The number of hydrogen-bond acceptors (Lipinski definition) is 2. The van der Waals surface area contributed by atoms with Gasteiger partial charge in [-0.3, -0.25) is 4.68 Å². The monoisotopic (exact) mass is 251 g/mol. The minimum absolute atomic E-state index is 0.987. The molecule has 1 aromatic heterocycles. The Morgan fingerprint density at radius 1 is 1.06 bits per heavy atom. The normalized spacial score (nSPS) is 11.1. The highest BCUT2D eigenvalue weighted by Crippen LogP contribution is 2.12. The van der Waals surface area contributed by atoms with Crippen LogP contribution >= 0.6 is 0 Å². The summed E-state index contributed by atoms with van der Waals surface area (Å²) < 4.78 is 2.15. The lowest BCUT2D eigenvalue weighted by Crippen LogP contribution is -2.22. The Morgan fingerprint density at radius 3 is 2.44 bits per heavy atom. The van der Waals surface area contributed by atoms with Gasteiger partial charge in [-0.05, 0) is 38.8 Å². The number of aromatic nitrogens is 2. The zero-order valence-corrected chi connectivity index (χ0v) is 12.6. The minimum Gasteiger partial charge on any atom is -0.315 e. The molecule has 0 atom stereocenters. The Bertz CT molecular complexity index is 342. The molecular formula is C15H29N3. The fraction of sp³-hybridized carbons (Fsp3) is 0.800. The maximum atomic E-state index is 4.60.